The smallest absolute Gasteiger partial charge is 0.241 e. The lowest BCUT2D eigenvalue weighted by Crippen LogP contribution is -2.52. The third-order valence-corrected chi connectivity index (χ3v) is 11.2. The van der Waals surface area contributed by atoms with E-state index in [4.69, 9.17) is 0 Å². The summed E-state index contributed by atoms with van der Waals surface area (Å²) in [7, 11) is -5.09. The van der Waals surface area contributed by atoms with Crippen molar-refractivity contribution in [1.82, 2.24) is 19.2 Å². The van der Waals surface area contributed by atoms with Crippen molar-refractivity contribution in [3.63, 3.8) is 0 Å². The fourth-order valence-electron chi connectivity index (χ4n) is 4.88. The van der Waals surface area contributed by atoms with Gasteiger partial charge in [-0.25, -0.2) is 16.8 Å². The number of hydrogen-bond acceptors (Lipinski definition) is 7. The number of aromatic nitrogens is 2. The number of benzene rings is 1. The average molecular weight is 601 g/mol. The molecule has 0 saturated heterocycles. The minimum absolute atomic E-state index is 0.127. The van der Waals surface area contributed by atoms with Crippen LogP contribution in [0.2, 0.25) is 0 Å². The van der Waals surface area contributed by atoms with E-state index in [0.717, 1.165) is 65.8 Å². The molecule has 0 fully saturated rings. The SMILES string of the molecule is CN(C(=O)C(Cc1ccccc1)N(C)S(=O)(=O)CS(C)(=O)=O)C(CCCc1cccnc1)CCCc1cccnc1. The maximum atomic E-state index is 14.1. The van der Waals surface area contributed by atoms with Gasteiger partial charge < -0.3 is 4.90 Å². The molecule has 0 bridgehead atoms. The van der Waals surface area contributed by atoms with Crippen molar-refractivity contribution in [2.75, 3.05) is 25.4 Å². The number of pyridine rings is 2. The summed E-state index contributed by atoms with van der Waals surface area (Å²) in [5.74, 6) is -0.360. The topological polar surface area (TPSA) is 118 Å². The summed E-state index contributed by atoms with van der Waals surface area (Å²) < 4.78 is 50.9. The van der Waals surface area contributed by atoms with Crippen LogP contribution in [0.4, 0.5) is 0 Å². The van der Waals surface area contributed by atoms with Crippen LogP contribution in [-0.2, 0) is 43.9 Å². The predicted octanol–water partition coefficient (Wildman–Crippen LogP) is 3.52. The van der Waals surface area contributed by atoms with Crippen molar-refractivity contribution in [3.8, 4) is 0 Å². The van der Waals surface area contributed by atoms with Gasteiger partial charge >= 0.3 is 0 Å². The van der Waals surface area contributed by atoms with Crippen LogP contribution < -0.4 is 0 Å². The normalized spacial score (nSPS) is 12.9. The van der Waals surface area contributed by atoms with E-state index in [1.54, 1.807) is 24.3 Å². The summed E-state index contributed by atoms with van der Waals surface area (Å²) in [6.07, 6.45) is 12.9. The molecular weight excluding hydrogens is 560 g/mol. The second-order valence-electron chi connectivity index (χ2n) is 10.5. The molecule has 0 saturated carbocycles. The van der Waals surface area contributed by atoms with Gasteiger partial charge in [0.25, 0.3) is 0 Å². The minimum atomic E-state index is -4.26. The van der Waals surface area contributed by atoms with Crippen LogP contribution in [0.1, 0.15) is 42.4 Å². The zero-order chi connectivity index (χ0) is 29.9. The van der Waals surface area contributed by atoms with Gasteiger partial charge in [-0.05, 0) is 73.8 Å². The van der Waals surface area contributed by atoms with Crippen molar-refractivity contribution < 1.29 is 21.6 Å². The van der Waals surface area contributed by atoms with E-state index >= 15 is 0 Å². The van der Waals surface area contributed by atoms with Gasteiger partial charge in [-0.2, -0.15) is 4.31 Å². The van der Waals surface area contributed by atoms with Crippen molar-refractivity contribution in [2.24, 2.45) is 0 Å². The molecular formula is C30H40N4O5S2. The summed E-state index contributed by atoms with van der Waals surface area (Å²) in [5, 5.41) is -1.06. The van der Waals surface area contributed by atoms with Crippen molar-refractivity contribution in [2.45, 2.75) is 57.0 Å². The molecule has 0 aliphatic carbocycles. The first-order valence-corrected chi connectivity index (χ1v) is 17.3. The highest BCUT2D eigenvalue weighted by molar-refractivity contribution is 8.06. The summed E-state index contributed by atoms with van der Waals surface area (Å²) in [5.41, 5.74) is 3.01. The fourth-order valence-corrected chi connectivity index (χ4v) is 8.26. The Hall–Kier alpha value is -3.15. The molecule has 0 aliphatic heterocycles. The van der Waals surface area contributed by atoms with E-state index < -0.39 is 31.0 Å². The summed E-state index contributed by atoms with van der Waals surface area (Å²) in [6.45, 7) is 0. The van der Waals surface area contributed by atoms with Gasteiger partial charge in [0.1, 0.15) is 6.04 Å². The second-order valence-corrected chi connectivity index (χ2v) is 15.0. The first kappa shape index (κ1) is 32.4. The maximum absolute atomic E-state index is 14.1. The predicted molar refractivity (Wildman–Crippen MR) is 161 cm³/mol. The Labute approximate surface area is 244 Å². The summed E-state index contributed by atoms with van der Waals surface area (Å²) in [4.78, 5) is 24.1. The highest BCUT2D eigenvalue weighted by Gasteiger charge is 2.36. The molecule has 222 valence electrons. The van der Waals surface area contributed by atoms with E-state index in [1.165, 1.54) is 7.05 Å². The van der Waals surface area contributed by atoms with E-state index in [0.29, 0.717) is 0 Å². The van der Waals surface area contributed by atoms with Gasteiger partial charge in [-0.1, -0.05) is 42.5 Å². The Bertz CT molecular complexity index is 1390. The standard InChI is InChI=1S/C30H40N4O5S2/c1-33(28(17-7-13-26-15-9-19-31-22-26)18-8-14-27-16-10-20-32-23-27)30(35)29(21-25-11-5-4-6-12-25)34(2)41(38,39)24-40(3,36)37/h4-6,9-12,15-16,19-20,22-23,28-29H,7-8,13-14,17-18,21,24H2,1-3H3. The van der Waals surface area contributed by atoms with Crippen LogP contribution in [-0.4, -0.2) is 79.4 Å². The van der Waals surface area contributed by atoms with Gasteiger partial charge in [0.2, 0.25) is 15.9 Å². The number of sulfone groups is 1. The fraction of sp³-hybridized carbons (Fsp3) is 0.433. The molecule has 1 atom stereocenters. The van der Waals surface area contributed by atoms with Gasteiger partial charge in [-0.15, -0.1) is 0 Å². The van der Waals surface area contributed by atoms with Crippen LogP contribution in [0.3, 0.4) is 0 Å². The lowest BCUT2D eigenvalue weighted by molar-refractivity contribution is -0.136. The van der Waals surface area contributed by atoms with Gasteiger partial charge in [-0.3, -0.25) is 14.8 Å². The Morgan fingerprint density at radius 3 is 1.76 bits per heavy atom. The first-order valence-electron chi connectivity index (χ1n) is 13.7. The number of nitrogens with zero attached hydrogens (tertiary/aromatic N) is 4. The van der Waals surface area contributed by atoms with Crippen LogP contribution in [0.25, 0.3) is 0 Å². The third kappa shape index (κ3) is 10.6. The Balaban J connectivity index is 1.83. The van der Waals surface area contributed by atoms with Gasteiger partial charge in [0.05, 0.1) is 0 Å². The monoisotopic (exact) mass is 600 g/mol. The molecule has 2 aromatic heterocycles. The highest BCUT2D eigenvalue weighted by Crippen LogP contribution is 2.21. The first-order chi connectivity index (χ1) is 19.5. The lowest BCUT2D eigenvalue weighted by atomic mass is 9.97. The number of carbonyl (C=O) groups excluding carboxylic acids is 1. The van der Waals surface area contributed by atoms with E-state index in [1.807, 2.05) is 67.0 Å². The molecule has 2 heterocycles. The van der Waals surface area contributed by atoms with Crippen LogP contribution in [0.5, 0.6) is 0 Å². The highest BCUT2D eigenvalue weighted by atomic mass is 32.3. The molecule has 1 aromatic carbocycles. The van der Waals surface area contributed by atoms with Crippen molar-refractivity contribution >= 4 is 25.8 Å². The third-order valence-electron chi connectivity index (χ3n) is 7.14. The molecule has 3 aromatic rings. The van der Waals surface area contributed by atoms with E-state index in [9.17, 15) is 21.6 Å². The van der Waals surface area contributed by atoms with Crippen LogP contribution in [0.15, 0.2) is 79.4 Å². The Morgan fingerprint density at radius 1 is 0.780 bits per heavy atom. The maximum Gasteiger partial charge on any atom is 0.241 e. The zero-order valence-corrected chi connectivity index (χ0v) is 25.6. The van der Waals surface area contributed by atoms with Crippen molar-refractivity contribution in [1.29, 1.82) is 0 Å². The van der Waals surface area contributed by atoms with E-state index in [2.05, 4.69) is 9.97 Å². The number of hydrogen-bond donors (Lipinski definition) is 0. The number of likely N-dealkylation sites (N-methyl/N-ethyl adjacent to an activating group) is 2. The van der Waals surface area contributed by atoms with Crippen molar-refractivity contribution in [3.05, 3.63) is 96.1 Å². The zero-order valence-electron chi connectivity index (χ0n) is 24.0. The quantitative estimate of drug-likeness (QED) is 0.247. The largest absolute Gasteiger partial charge is 0.341 e. The average Bonchev–Trinajstić information content (AvgIpc) is 2.94. The number of carbonyl (C=O) groups is 1. The minimum Gasteiger partial charge on any atom is -0.341 e. The Kier molecular flexibility index (Phi) is 12.0. The Morgan fingerprint density at radius 2 is 1.29 bits per heavy atom. The van der Waals surface area contributed by atoms with E-state index in [-0.39, 0.29) is 18.4 Å². The molecule has 1 amide bonds. The number of aryl methyl sites for hydroxylation is 2. The molecule has 0 spiro atoms. The molecule has 0 N–H and O–H groups in total. The lowest BCUT2D eigenvalue weighted by Gasteiger charge is -2.35. The molecule has 0 radical (unpaired) electrons. The van der Waals surface area contributed by atoms with Gasteiger partial charge in [0, 0.05) is 51.2 Å². The second kappa shape index (κ2) is 15.2. The molecule has 9 nitrogen and oxygen atoms in total. The number of sulfonamides is 1. The van der Waals surface area contributed by atoms with Gasteiger partial charge in [0.15, 0.2) is 14.9 Å². The van der Waals surface area contributed by atoms with Crippen LogP contribution in [0, 0.1) is 0 Å². The molecule has 3 rings (SSSR count). The summed E-state index contributed by atoms with van der Waals surface area (Å²) >= 11 is 0. The summed E-state index contributed by atoms with van der Waals surface area (Å²) in [6, 6.07) is 15.8. The number of rotatable bonds is 16. The van der Waals surface area contributed by atoms with Crippen LogP contribution >= 0.6 is 0 Å². The molecule has 41 heavy (non-hydrogen) atoms. The molecule has 1 unspecified atom stereocenters. The molecule has 0 aliphatic rings. The number of amides is 1. The molecule has 11 heteroatoms.